The molecule has 148 valence electrons. The Labute approximate surface area is 162 Å². The zero-order valence-electron chi connectivity index (χ0n) is 16.0. The van der Waals surface area contributed by atoms with E-state index < -0.39 is 18.2 Å². The first kappa shape index (κ1) is 21.5. The van der Waals surface area contributed by atoms with Crippen molar-refractivity contribution >= 4 is 5.97 Å². The van der Waals surface area contributed by atoms with Gasteiger partial charge in [-0.15, -0.1) is 0 Å². The number of aliphatic hydroxyl groups is 2. The minimum absolute atomic E-state index is 0.331. The maximum Gasteiger partial charge on any atom is 0.335 e. The van der Waals surface area contributed by atoms with Crippen LogP contribution in [-0.4, -0.2) is 33.5 Å². The highest BCUT2D eigenvalue weighted by molar-refractivity contribution is 5.87. The Bertz CT molecular complexity index is 576. The van der Waals surface area contributed by atoms with Crippen LogP contribution in [0.5, 0.6) is 0 Å². The van der Waals surface area contributed by atoms with Crippen LogP contribution in [0.1, 0.15) is 74.6 Å². The Morgan fingerprint density at radius 2 is 1.19 bits per heavy atom. The van der Waals surface area contributed by atoms with Gasteiger partial charge in [-0.1, -0.05) is 68.6 Å². The maximum absolute atomic E-state index is 10.2. The maximum atomic E-state index is 10.2. The number of rotatable bonds is 3. The first-order chi connectivity index (χ1) is 13.1. The van der Waals surface area contributed by atoms with Crippen molar-refractivity contribution < 1.29 is 20.1 Å². The SMILES string of the molecule is O=C(O)c1ccccc1.O[C@@H](C#C[C@H](O)C1CCCCC1)C1CCCCC1. The Morgan fingerprint density at radius 1 is 0.778 bits per heavy atom. The van der Waals surface area contributed by atoms with Gasteiger partial charge >= 0.3 is 5.97 Å². The quantitative estimate of drug-likeness (QED) is 0.693. The van der Waals surface area contributed by atoms with Crippen molar-refractivity contribution in [3.8, 4) is 11.8 Å². The molecule has 0 saturated heterocycles. The van der Waals surface area contributed by atoms with E-state index in [0.717, 1.165) is 25.7 Å². The fourth-order valence-corrected chi connectivity index (χ4v) is 3.89. The summed E-state index contributed by atoms with van der Waals surface area (Å²) in [6, 6.07) is 8.30. The molecule has 3 N–H and O–H groups in total. The fourth-order valence-electron chi connectivity index (χ4n) is 3.89. The average molecular weight is 373 g/mol. The Kier molecular flexibility index (Phi) is 9.38. The van der Waals surface area contributed by atoms with Crippen molar-refractivity contribution in [3.05, 3.63) is 35.9 Å². The van der Waals surface area contributed by atoms with Crippen molar-refractivity contribution in [2.45, 2.75) is 76.4 Å². The second kappa shape index (κ2) is 11.8. The van der Waals surface area contributed by atoms with E-state index in [-0.39, 0.29) is 0 Å². The van der Waals surface area contributed by atoms with Crippen molar-refractivity contribution in [1.29, 1.82) is 0 Å². The molecule has 0 heterocycles. The predicted molar refractivity (Wildman–Crippen MR) is 106 cm³/mol. The number of carboxylic acids is 1. The van der Waals surface area contributed by atoms with Crippen LogP contribution in [0.2, 0.25) is 0 Å². The molecule has 2 atom stereocenters. The Morgan fingerprint density at radius 3 is 1.52 bits per heavy atom. The molecule has 4 heteroatoms. The summed E-state index contributed by atoms with van der Waals surface area (Å²) in [5.74, 6) is 5.61. The molecule has 0 aromatic heterocycles. The molecular weight excluding hydrogens is 340 g/mol. The molecule has 1 aromatic rings. The van der Waals surface area contributed by atoms with Gasteiger partial charge in [-0.05, 0) is 49.7 Å². The summed E-state index contributed by atoms with van der Waals surface area (Å²) in [5.41, 5.74) is 0.331. The summed E-state index contributed by atoms with van der Waals surface area (Å²) in [4.78, 5) is 10.2. The third-order valence-corrected chi connectivity index (χ3v) is 5.59. The number of aliphatic hydroxyl groups excluding tert-OH is 2. The summed E-state index contributed by atoms with van der Waals surface area (Å²) in [6.07, 6.45) is 10.8. The van der Waals surface area contributed by atoms with Crippen LogP contribution in [0.3, 0.4) is 0 Å². The highest BCUT2D eigenvalue weighted by atomic mass is 16.4. The first-order valence-corrected chi connectivity index (χ1v) is 10.2. The lowest BCUT2D eigenvalue weighted by molar-refractivity contribution is 0.0697. The molecule has 0 amide bonds. The largest absolute Gasteiger partial charge is 0.478 e. The van der Waals surface area contributed by atoms with Crippen molar-refractivity contribution in [3.63, 3.8) is 0 Å². The third-order valence-electron chi connectivity index (χ3n) is 5.59. The second-order valence-electron chi connectivity index (χ2n) is 7.65. The Balaban J connectivity index is 0.000000244. The molecular formula is C23H32O4. The van der Waals surface area contributed by atoms with Gasteiger partial charge in [-0.25, -0.2) is 4.79 Å². The van der Waals surface area contributed by atoms with Gasteiger partial charge in [0.05, 0.1) is 5.56 Å². The lowest BCUT2D eigenvalue weighted by atomic mass is 9.84. The summed E-state index contributed by atoms with van der Waals surface area (Å²) >= 11 is 0. The van der Waals surface area contributed by atoms with Gasteiger partial charge in [-0.2, -0.15) is 0 Å². The molecule has 2 saturated carbocycles. The molecule has 0 bridgehead atoms. The third kappa shape index (κ3) is 7.74. The summed E-state index contributed by atoms with van der Waals surface area (Å²) < 4.78 is 0. The smallest absolute Gasteiger partial charge is 0.335 e. The Hall–Kier alpha value is -1.83. The van der Waals surface area contributed by atoms with E-state index in [1.54, 1.807) is 30.3 Å². The van der Waals surface area contributed by atoms with Gasteiger partial charge in [0.15, 0.2) is 0 Å². The molecule has 0 spiro atoms. The van der Waals surface area contributed by atoms with Crippen LogP contribution in [0, 0.1) is 23.7 Å². The van der Waals surface area contributed by atoms with Crippen LogP contribution in [0.4, 0.5) is 0 Å². The lowest BCUT2D eigenvalue weighted by Crippen LogP contribution is -2.24. The molecule has 4 nitrogen and oxygen atoms in total. The van der Waals surface area contributed by atoms with Crippen LogP contribution < -0.4 is 0 Å². The molecule has 1 aromatic carbocycles. The van der Waals surface area contributed by atoms with Gasteiger partial charge in [0.25, 0.3) is 0 Å². The average Bonchev–Trinajstić information content (AvgIpc) is 2.74. The van der Waals surface area contributed by atoms with Crippen LogP contribution >= 0.6 is 0 Å². The van der Waals surface area contributed by atoms with E-state index in [1.807, 2.05) is 0 Å². The van der Waals surface area contributed by atoms with Gasteiger partial charge in [0.1, 0.15) is 12.2 Å². The summed E-state index contributed by atoms with van der Waals surface area (Å²) in [6.45, 7) is 0. The van der Waals surface area contributed by atoms with E-state index in [0.29, 0.717) is 17.4 Å². The molecule has 3 rings (SSSR count). The van der Waals surface area contributed by atoms with E-state index in [1.165, 1.54) is 38.5 Å². The van der Waals surface area contributed by atoms with Gasteiger partial charge in [0.2, 0.25) is 0 Å². The first-order valence-electron chi connectivity index (χ1n) is 10.2. The number of benzene rings is 1. The molecule has 0 radical (unpaired) electrons. The standard InChI is InChI=1S/C16H26O2.C7H6O2/c17-15(13-7-3-1-4-8-13)11-12-16(18)14-9-5-2-6-10-14;8-7(9)6-4-2-1-3-5-6/h13-18H,1-10H2;1-5H,(H,8,9)/t15-,16-;/m0./s1. The lowest BCUT2D eigenvalue weighted by Gasteiger charge is -2.24. The summed E-state index contributed by atoms with van der Waals surface area (Å²) in [5, 5.41) is 28.5. The molecule has 0 aliphatic heterocycles. The van der Waals surface area contributed by atoms with E-state index in [2.05, 4.69) is 11.8 Å². The number of carbonyl (C=O) groups is 1. The van der Waals surface area contributed by atoms with Crippen molar-refractivity contribution in [1.82, 2.24) is 0 Å². The zero-order chi connectivity index (χ0) is 19.5. The monoisotopic (exact) mass is 372 g/mol. The van der Waals surface area contributed by atoms with Crippen LogP contribution in [0.15, 0.2) is 30.3 Å². The van der Waals surface area contributed by atoms with Crippen molar-refractivity contribution in [2.75, 3.05) is 0 Å². The van der Waals surface area contributed by atoms with E-state index in [4.69, 9.17) is 5.11 Å². The van der Waals surface area contributed by atoms with Gasteiger partial charge in [0, 0.05) is 0 Å². The molecule has 27 heavy (non-hydrogen) atoms. The minimum atomic E-state index is -0.879. The second-order valence-corrected chi connectivity index (χ2v) is 7.65. The van der Waals surface area contributed by atoms with Crippen molar-refractivity contribution in [2.24, 2.45) is 11.8 Å². The number of hydrogen-bond donors (Lipinski definition) is 3. The summed E-state index contributed by atoms with van der Waals surface area (Å²) in [7, 11) is 0. The van der Waals surface area contributed by atoms with Gasteiger partial charge < -0.3 is 15.3 Å². The molecule has 0 unspecified atom stereocenters. The fraction of sp³-hybridized carbons (Fsp3) is 0.609. The highest BCUT2D eigenvalue weighted by Gasteiger charge is 2.22. The highest BCUT2D eigenvalue weighted by Crippen LogP contribution is 2.27. The molecule has 2 aliphatic carbocycles. The number of carboxylic acid groups (broad SMARTS) is 1. The zero-order valence-corrected chi connectivity index (χ0v) is 16.0. The van der Waals surface area contributed by atoms with Crippen LogP contribution in [0.25, 0.3) is 0 Å². The van der Waals surface area contributed by atoms with E-state index >= 15 is 0 Å². The topological polar surface area (TPSA) is 77.8 Å². The van der Waals surface area contributed by atoms with Gasteiger partial charge in [-0.3, -0.25) is 0 Å². The number of aromatic carboxylic acids is 1. The van der Waals surface area contributed by atoms with Crippen LogP contribution in [-0.2, 0) is 0 Å². The number of hydrogen-bond acceptors (Lipinski definition) is 3. The normalized spacial score (nSPS) is 20.4. The molecule has 2 aliphatic rings. The predicted octanol–water partition coefficient (Wildman–Crippen LogP) is 4.26. The molecule has 2 fully saturated rings. The minimum Gasteiger partial charge on any atom is -0.478 e. The van der Waals surface area contributed by atoms with E-state index in [9.17, 15) is 15.0 Å².